The molecule has 2 radical (unpaired) electrons. The molecule has 3 aliphatic rings. The van der Waals surface area contributed by atoms with Gasteiger partial charge in [-0.2, -0.15) is 5.10 Å². The van der Waals surface area contributed by atoms with E-state index in [4.69, 9.17) is 24.4 Å². The van der Waals surface area contributed by atoms with Crippen molar-refractivity contribution in [1.29, 1.82) is 0 Å². The number of fused-ring (bicyclic) bond motifs is 3. The first-order valence-electron chi connectivity index (χ1n) is 20.3. The number of aliphatic imine (C=N–C) groups is 1. The molecule has 0 amide bonds. The monoisotopic (exact) mass is 796 g/mol. The number of pyridine rings is 1. The number of carbonyl (C=O) groups is 2. The van der Waals surface area contributed by atoms with Gasteiger partial charge in [-0.3, -0.25) is 14.5 Å². The summed E-state index contributed by atoms with van der Waals surface area (Å²) in [5, 5.41) is 24.6. The quantitative estimate of drug-likeness (QED) is 0.0262. The van der Waals surface area contributed by atoms with Crippen LogP contribution in [0.5, 0.6) is 0 Å². The summed E-state index contributed by atoms with van der Waals surface area (Å²) in [7, 11) is 18.1. The largest absolute Gasteiger partial charge is 0.513 e. The molecule has 0 bridgehead atoms. The Hall–Kier alpha value is -4.99. The molecule has 6 rings (SSSR count). The van der Waals surface area contributed by atoms with Crippen molar-refractivity contribution in [1.82, 2.24) is 30.3 Å². The number of anilines is 2. The Morgan fingerprint density at radius 2 is 1.78 bits per heavy atom. The SMILES string of the molecule is CN(C)C.CNC1CC1.O=CC1CC1.[B]C(NCC(CCCC)n1ncc2c1C(CC)N(C)c1c(NC(=C/C(N)=NC)/C(N)=C\O)cccc1-2)c1cccc(C=O)n1. The Kier molecular flexibility index (Phi) is 19.7. The molecule has 2 aliphatic carbocycles. The van der Waals surface area contributed by atoms with Crippen molar-refractivity contribution < 1.29 is 14.7 Å². The molecule has 0 saturated heterocycles. The predicted molar refractivity (Wildman–Crippen MR) is 238 cm³/mol. The number of hydrogen-bond acceptors (Lipinski definition) is 12. The van der Waals surface area contributed by atoms with Crippen LogP contribution in [0.2, 0.25) is 0 Å². The summed E-state index contributed by atoms with van der Waals surface area (Å²) in [6, 6.07) is 12.3. The summed E-state index contributed by atoms with van der Waals surface area (Å²) in [4.78, 5) is 33.4. The standard InChI is InChI=1S/C32H42BN9O2.C4H9N.C4H6O.C3H9N/c1-5-7-11-21(16-37-32(33)26-14-8-10-20(18-43)39-26)42-31-23(17-38-42)22-12-9-13-25(30(22)41(4)28(31)6-2)40-27(24(34)19-44)15-29(35)36-3;1-5-4-2-3-4;5-3-4-1-2-4;1-4(2)3/h8-10,12-15,17-19,21,28,32,37,40,44H,5-7,11,16,34H2,1-4H3,(H2,35,36);4-5H,2-3H2,1H3;3-4H,1-2H2;1-3H3/b24-19+,27-15+;;;. The Morgan fingerprint density at radius 1 is 1.09 bits per heavy atom. The molecule has 314 valence electrons. The molecule has 8 N–H and O–H groups in total. The van der Waals surface area contributed by atoms with Crippen LogP contribution in [-0.4, -0.2) is 106 Å². The zero-order chi connectivity index (χ0) is 42.8. The summed E-state index contributed by atoms with van der Waals surface area (Å²) in [5.41, 5.74) is 18.6. The number of nitrogens with two attached hydrogens (primary N) is 2. The van der Waals surface area contributed by atoms with E-state index < -0.39 is 5.94 Å². The second-order valence-corrected chi connectivity index (χ2v) is 15.2. The second-order valence-electron chi connectivity index (χ2n) is 15.2. The number of aromatic nitrogens is 3. The third kappa shape index (κ3) is 14.1. The molecule has 2 fully saturated rings. The summed E-state index contributed by atoms with van der Waals surface area (Å²) >= 11 is 0. The van der Waals surface area contributed by atoms with Crippen LogP contribution >= 0.6 is 0 Å². The number of nitrogens with zero attached hydrogens (tertiary/aromatic N) is 6. The van der Waals surface area contributed by atoms with E-state index in [-0.39, 0.29) is 23.6 Å². The van der Waals surface area contributed by atoms with E-state index in [1.165, 1.54) is 12.8 Å². The summed E-state index contributed by atoms with van der Waals surface area (Å²) in [6.07, 6.45) is 15.1. The molecule has 2 aromatic heterocycles. The number of amidine groups is 1. The van der Waals surface area contributed by atoms with Gasteiger partial charge in [0.1, 0.15) is 24.1 Å². The number of aldehydes is 2. The molecule has 1 aromatic carbocycles. The van der Waals surface area contributed by atoms with Gasteiger partial charge in [0.05, 0.1) is 54.6 Å². The molecule has 15 heteroatoms. The molecule has 3 unspecified atom stereocenters. The average Bonchev–Trinajstić information content (AvgIpc) is 4.18. The van der Waals surface area contributed by atoms with Crippen LogP contribution in [0, 0.1) is 5.92 Å². The molecule has 3 aromatic rings. The van der Waals surface area contributed by atoms with Crippen molar-refractivity contribution in [2.24, 2.45) is 22.4 Å². The van der Waals surface area contributed by atoms with Gasteiger partial charge in [-0.15, -0.1) is 0 Å². The minimum atomic E-state index is -0.529. The lowest BCUT2D eigenvalue weighted by molar-refractivity contribution is -0.108. The summed E-state index contributed by atoms with van der Waals surface area (Å²) in [5.74, 6) is 0.193. The molecule has 0 spiro atoms. The van der Waals surface area contributed by atoms with Gasteiger partial charge in [0.25, 0.3) is 0 Å². The maximum absolute atomic E-state index is 11.2. The van der Waals surface area contributed by atoms with Crippen molar-refractivity contribution >= 4 is 37.6 Å². The number of hydrogen-bond donors (Lipinski definition) is 6. The lowest BCUT2D eigenvalue weighted by Gasteiger charge is -2.38. The number of carbonyl (C=O) groups excluding carboxylic acids is 2. The Morgan fingerprint density at radius 3 is 2.29 bits per heavy atom. The van der Waals surface area contributed by atoms with Crippen LogP contribution in [0.25, 0.3) is 11.1 Å². The molecule has 58 heavy (non-hydrogen) atoms. The highest BCUT2D eigenvalue weighted by molar-refractivity contribution is 6.11. The van der Waals surface area contributed by atoms with Gasteiger partial charge < -0.3 is 47.1 Å². The third-order valence-corrected chi connectivity index (χ3v) is 9.79. The predicted octanol–water partition coefficient (Wildman–Crippen LogP) is 5.63. The van der Waals surface area contributed by atoms with Gasteiger partial charge in [-0.25, -0.2) is 4.98 Å². The Bertz CT molecular complexity index is 1830. The van der Waals surface area contributed by atoms with Crippen LogP contribution < -0.4 is 32.3 Å². The van der Waals surface area contributed by atoms with Crippen LogP contribution in [0.1, 0.15) is 105 Å². The van der Waals surface area contributed by atoms with Crippen LogP contribution in [-0.2, 0) is 4.79 Å². The van der Waals surface area contributed by atoms with Crippen LogP contribution in [0.3, 0.4) is 0 Å². The van der Waals surface area contributed by atoms with Gasteiger partial charge in [0.15, 0.2) is 6.29 Å². The van der Waals surface area contributed by atoms with E-state index in [1.807, 2.05) is 57.5 Å². The Balaban J connectivity index is 0.000000540. The van der Waals surface area contributed by atoms with E-state index in [2.05, 4.69) is 62.5 Å². The molecular weight excluding hydrogens is 729 g/mol. The van der Waals surface area contributed by atoms with E-state index in [9.17, 15) is 14.7 Å². The fourth-order valence-corrected chi connectivity index (χ4v) is 6.30. The normalized spacial score (nSPS) is 17.2. The summed E-state index contributed by atoms with van der Waals surface area (Å²) in [6.45, 7) is 4.93. The van der Waals surface area contributed by atoms with Crippen LogP contribution in [0.15, 0.2) is 71.3 Å². The zero-order valence-corrected chi connectivity index (χ0v) is 35.8. The minimum absolute atomic E-state index is 0.0344. The second kappa shape index (κ2) is 24.1. The van der Waals surface area contributed by atoms with E-state index in [0.29, 0.717) is 29.5 Å². The number of aliphatic hydroxyl groups is 1. The van der Waals surface area contributed by atoms with E-state index in [1.54, 1.807) is 25.3 Å². The van der Waals surface area contributed by atoms with Gasteiger partial charge in [0, 0.05) is 61.4 Å². The highest BCUT2D eigenvalue weighted by Gasteiger charge is 2.35. The number of benzene rings is 1. The average molecular weight is 796 g/mol. The van der Waals surface area contributed by atoms with Crippen molar-refractivity contribution in [2.75, 3.05) is 59.0 Å². The topological polar surface area (TPSA) is 192 Å². The first kappa shape index (κ1) is 47.4. The number of para-hydroxylation sites is 1. The molecule has 3 atom stereocenters. The maximum atomic E-state index is 11.2. The molecular formula is C43H66BN11O3. The van der Waals surface area contributed by atoms with Gasteiger partial charge in [-0.1, -0.05) is 44.9 Å². The Labute approximate surface area is 347 Å². The first-order valence-corrected chi connectivity index (χ1v) is 20.3. The zero-order valence-electron chi connectivity index (χ0n) is 35.8. The fourth-order valence-electron chi connectivity index (χ4n) is 6.30. The lowest BCUT2D eigenvalue weighted by atomic mass is 9.90. The van der Waals surface area contributed by atoms with Crippen molar-refractivity contribution in [3.05, 3.63) is 83.4 Å². The van der Waals surface area contributed by atoms with Crippen LogP contribution in [0.4, 0.5) is 11.4 Å². The van der Waals surface area contributed by atoms with Crippen molar-refractivity contribution in [3.63, 3.8) is 0 Å². The van der Waals surface area contributed by atoms with Gasteiger partial charge >= 0.3 is 0 Å². The first-order chi connectivity index (χ1) is 27.9. The van der Waals surface area contributed by atoms with Crippen molar-refractivity contribution in [2.45, 2.75) is 89.3 Å². The molecule has 3 heterocycles. The molecule has 2 saturated carbocycles. The summed E-state index contributed by atoms with van der Waals surface area (Å²) < 4.78 is 2.16. The number of rotatable bonds is 16. The third-order valence-electron chi connectivity index (χ3n) is 9.79. The van der Waals surface area contributed by atoms with Gasteiger partial charge in [-0.05, 0) is 84.9 Å². The molecule has 1 aliphatic heterocycles. The smallest absolute Gasteiger partial charge is 0.168 e. The highest BCUT2D eigenvalue weighted by Crippen LogP contribution is 2.49. The van der Waals surface area contributed by atoms with Crippen molar-refractivity contribution in [3.8, 4) is 11.1 Å². The lowest BCUT2D eigenvalue weighted by Crippen LogP contribution is -2.35. The van der Waals surface area contributed by atoms with E-state index >= 15 is 0 Å². The minimum Gasteiger partial charge on any atom is -0.513 e. The number of unbranched alkanes of at least 4 members (excludes halogenated alkanes) is 1. The number of nitrogens with one attached hydrogen (secondary N) is 3. The number of aliphatic hydroxyl groups excluding tert-OH is 1. The fraction of sp³-hybridized carbons (Fsp3) is 0.512. The van der Waals surface area contributed by atoms with E-state index in [0.717, 1.165) is 91.6 Å². The maximum Gasteiger partial charge on any atom is 0.168 e. The van der Waals surface area contributed by atoms with Gasteiger partial charge in [0.2, 0.25) is 0 Å². The molecule has 14 nitrogen and oxygen atoms in total. The highest BCUT2D eigenvalue weighted by atomic mass is 16.2.